The number of carbonyl (C=O) groups is 6. The smallest absolute Gasteiger partial charge is 0.343 e. The molecule has 2 saturated carbocycles. The van der Waals surface area contributed by atoms with Gasteiger partial charge in [-0.2, -0.15) is 0 Å². The average molecular weight is 895 g/mol. The molecule has 4 aliphatic rings. The normalized spacial score (nSPS) is 30.0. The Bertz CT molecular complexity index is 2400. The van der Waals surface area contributed by atoms with Gasteiger partial charge >= 0.3 is 29.8 Å². The summed E-state index contributed by atoms with van der Waals surface area (Å²) in [6.07, 6.45) is -4.16. The van der Waals surface area contributed by atoms with Crippen molar-refractivity contribution < 1.29 is 71.8 Å². The van der Waals surface area contributed by atoms with Crippen molar-refractivity contribution >= 4 is 41.7 Å². The number of ether oxygens (including phenoxy) is 8. The van der Waals surface area contributed by atoms with Crippen LogP contribution in [0.1, 0.15) is 82.8 Å². The largest absolute Gasteiger partial charge is 0.497 e. The van der Waals surface area contributed by atoms with E-state index in [1.165, 1.54) is 33.1 Å². The van der Waals surface area contributed by atoms with Gasteiger partial charge in [-0.05, 0) is 78.6 Å². The average Bonchev–Trinajstić information content (AvgIpc) is 3.25. The Balaban J connectivity index is 1.30. The molecule has 1 saturated heterocycles. The molecule has 344 valence electrons. The number of rotatable bonds is 12. The Kier molecular flexibility index (Phi) is 13.0. The molecule has 9 atom stereocenters. The number of fused-ring (bicyclic) bond motifs is 5. The van der Waals surface area contributed by atoms with Gasteiger partial charge in [-0.1, -0.05) is 56.3 Å². The van der Waals surface area contributed by atoms with Crippen molar-refractivity contribution in [3.05, 3.63) is 113 Å². The number of methoxy groups -OCH3 is 1. The third kappa shape index (κ3) is 8.60. The molecule has 7 rings (SSSR count). The molecule has 0 aromatic heterocycles. The molecule has 3 aromatic carbocycles. The highest BCUT2D eigenvalue weighted by atomic mass is 16.6. The second kappa shape index (κ2) is 18.0. The number of ketones is 1. The SMILES string of the molecule is COc1ccc(C(=O)Oc2ccc(/C=C/C(=O)O[C@H]3C[C@H]4OC[C@@]4(OC(C)=O)[C@H]4[C@H](OCc5ccccc5)[C@]5(O)C[C@H](OC(C)=O)C(C)=C([C@@H](OC(C)=O)C(=O)[C@]34C)C5(C)C)cc2)cc1. The first-order chi connectivity index (χ1) is 30.7. The fraction of sp³-hybridized carbons (Fsp3) is 0.440. The molecule has 0 radical (unpaired) electrons. The third-order valence-electron chi connectivity index (χ3n) is 13.6. The zero-order valence-corrected chi connectivity index (χ0v) is 37.6. The van der Waals surface area contributed by atoms with E-state index in [1.807, 2.05) is 30.3 Å². The van der Waals surface area contributed by atoms with E-state index in [-0.39, 0.29) is 37.4 Å². The molecular weight excluding hydrogens is 841 g/mol. The van der Waals surface area contributed by atoms with E-state index in [0.717, 1.165) is 12.5 Å². The van der Waals surface area contributed by atoms with Crippen molar-refractivity contribution in [3.63, 3.8) is 0 Å². The number of esters is 5. The molecule has 3 aromatic rings. The van der Waals surface area contributed by atoms with E-state index in [0.29, 0.717) is 22.4 Å². The van der Waals surface area contributed by atoms with Crippen LogP contribution in [0.4, 0.5) is 0 Å². The standard InChI is InChI=1S/C50H54O15/c1-28-37(61-29(2)51)25-50(57)45(59-26-33-12-10-9-11-13-33)43-48(7,44(55)42(62-30(3)52)41(28)47(50,5)6)38(24-39-49(43,27-60-39)65-31(4)53)64-40(54)23-16-32-14-19-36(20-15-32)63-46(56)34-17-21-35(58-8)22-18-34/h9-23,37-39,42-43,45,57H,24-27H2,1-8H3/b23-16+/t37-,38-,39+,42+,43-,45-,48+,49-,50+/m0/s1. The maximum atomic E-state index is 15.9. The first-order valence-electron chi connectivity index (χ1n) is 21.4. The lowest BCUT2D eigenvalue weighted by atomic mass is 9.44. The first kappa shape index (κ1) is 46.8. The second-order valence-electron chi connectivity index (χ2n) is 17.8. The van der Waals surface area contributed by atoms with E-state index in [4.69, 9.17) is 37.9 Å². The zero-order valence-electron chi connectivity index (χ0n) is 37.6. The molecule has 0 spiro atoms. The Morgan fingerprint density at radius 2 is 1.48 bits per heavy atom. The zero-order chi connectivity index (χ0) is 47.1. The van der Waals surface area contributed by atoms with Gasteiger partial charge in [0.25, 0.3) is 0 Å². The van der Waals surface area contributed by atoms with Gasteiger partial charge in [-0.15, -0.1) is 0 Å². The molecule has 15 heteroatoms. The first-order valence-corrected chi connectivity index (χ1v) is 21.4. The van der Waals surface area contributed by atoms with E-state index in [9.17, 15) is 29.1 Å². The molecule has 1 N–H and O–H groups in total. The minimum atomic E-state index is -2.05. The number of hydrogen-bond donors (Lipinski definition) is 1. The predicted octanol–water partition coefficient (Wildman–Crippen LogP) is 6.08. The molecule has 3 fully saturated rings. The van der Waals surface area contributed by atoms with Crippen LogP contribution in [0.2, 0.25) is 0 Å². The Labute approximate surface area is 376 Å². The Morgan fingerprint density at radius 1 is 0.831 bits per heavy atom. The van der Waals surface area contributed by atoms with Gasteiger partial charge in [0, 0.05) is 51.0 Å². The predicted molar refractivity (Wildman–Crippen MR) is 231 cm³/mol. The molecular formula is C50H54O15. The maximum Gasteiger partial charge on any atom is 0.343 e. The number of aliphatic hydroxyl groups is 1. The summed E-state index contributed by atoms with van der Waals surface area (Å²) in [7, 11) is 1.52. The van der Waals surface area contributed by atoms with Gasteiger partial charge in [0.1, 0.15) is 35.4 Å². The summed E-state index contributed by atoms with van der Waals surface area (Å²) < 4.78 is 47.9. The second-order valence-corrected chi connectivity index (χ2v) is 17.8. The topological polar surface area (TPSA) is 196 Å². The quantitative estimate of drug-likeness (QED) is 0.0722. The molecule has 1 aliphatic heterocycles. The highest BCUT2D eigenvalue weighted by Crippen LogP contribution is 2.65. The minimum Gasteiger partial charge on any atom is -0.497 e. The number of carbonyl (C=O) groups excluding carboxylic acids is 6. The molecule has 15 nitrogen and oxygen atoms in total. The van der Waals surface area contributed by atoms with E-state index < -0.39 is 94.1 Å². The van der Waals surface area contributed by atoms with Gasteiger partial charge in [-0.25, -0.2) is 9.59 Å². The van der Waals surface area contributed by atoms with Crippen molar-refractivity contribution in [2.45, 2.75) is 110 Å². The van der Waals surface area contributed by atoms with Crippen LogP contribution in [0.5, 0.6) is 11.5 Å². The minimum absolute atomic E-state index is 0.0807. The molecule has 0 amide bonds. The van der Waals surface area contributed by atoms with Crippen molar-refractivity contribution in [3.8, 4) is 11.5 Å². The van der Waals surface area contributed by atoms with Crippen molar-refractivity contribution in [2.24, 2.45) is 16.7 Å². The lowest BCUT2D eigenvalue weighted by molar-refractivity contribution is -0.352. The van der Waals surface area contributed by atoms with Gasteiger partial charge in [-0.3, -0.25) is 19.2 Å². The number of benzene rings is 3. The van der Waals surface area contributed by atoms with Gasteiger partial charge in [0.05, 0.1) is 37.4 Å². The number of Topliss-reactive ketones (excluding diaryl/α,β-unsaturated/α-hetero) is 1. The van der Waals surface area contributed by atoms with Crippen molar-refractivity contribution in [2.75, 3.05) is 13.7 Å². The monoisotopic (exact) mass is 894 g/mol. The van der Waals surface area contributed by atoms with Gasteiger partial charge in [0.15, 0.2) is 17.5 Å². The Morgan fingerprint density at radius 3 is 2.06 bits per heavy atom. The van der Waals surface area contributed by atoms with Crippen LogP contribution in [0.15, 0.2) is 96.1 Å². The molecule has 3 aliphatic carbocycles. The fourth-order valence-electron chi connectivity index (χ4n) is 10.3. The summed E-state index contributed by atoms with van der Waals surface area (Å²) in [5.74, 6) is -4.77. The highest BCUT2D eigenvalue weighted by Gasteiger charge is 2.78. The molecule has 1 heterocycles. The van der Waals surface area contributed by atoms with E-state index in [2.05, 4.69) is 0 Å². The van der Waals surface area contributed by atoms with Crippen LogP contribution < -0.4 is 9.47 Å². The highest BCUT2D eigenvalue weighted by molar-refractivity contribution is 5.96. The lowest BCUT2D eigenvalue weighted by Crippen LogP contribution is -2.82. The summed E-state index contributed by atoms with van der Waals surface area (Å²) in [6, 6.07) is 22.0. The van der Waals surface area contributed by atoms with Crippen molar-refractivity contribution in [1.82, 2.24) is 0 Å². The van der Waals surface area contributed by atoms with Crippen LogP contribution in [0.3, 0.4) is 0 Å². The Hall–Kier alpha value is -6.16. The molecule has 65 heavy (non-hydrogen) atoms. The van der Waals surface area contributed by atoms with Gasteiger partial charge < -0.3 is 43.0 Å². The molecule has 0 unspecified atom stereocenters. The van der Waals surface area contributed by atoms with Gasteiger partial charge in [0.2, 0.25) is 0 Å². The summed E-state index contributed by atoms with van der Waals surface area (Å²) >= 11 is 0. The van der Waals surface area contributed by atoms with Crippen LogP contribution in [0.25, 0.3) is 6.08 Å². The van der Waals surface area contributed by atoms with Crippen LogP contribution in [0, 0.1) is 16.7 Å². The maximum absolute atomic E-state index is 15.9. The lowest BCUT2D eigenvalue weighted by Gasteiger charge is -2.68. The van der Waals surface area contributed by atoms with E-state index in [1.54, 1.807) is 76.2 Å². The van der Waals surface area contributed by atoms with Crippen molar-refractivity contribution in [1.29, 1.82) is 0 Å². The summed E-state index contributed by atoms with van der Waals surface area (Å²) in [5, 5.41) is 13.6. The summed E-state index contributed by atoms with van der Waals surface area (Å²) in [6.45, 7) is 9.94. The van der Waals surface area contributed by atoms with Crippen LogP contribution in [-0.4, -0.2) is 96.2 Å². The third-order valence-corrected chi connectivity index (χ3v) is 13.6. The summed E-state index contributed by atoms with van der Waals surface area (Å²) in [4.78, 5) is 81.4. The fourth-order valence-corrected chi connectivity index (χ4v) is 10.3. The summed E-state index contributed by atoms with van der Waals surface area (Å²) in [5.41, 5.74) is -4.83. The number of hydrogen-bond acceptors (Lipinski definition) is 15. The van der Waals surface area contributed by atoms with Crippen LogP contribution in [-0.2, 0) is 59.0 Å². The van der Waals surface area contributed by atoms with E-state index >= 15 is 4.79 Å². The molecule has 2 bridgehead atoms. The van der Waals surface area contributed by atoms with Crippen LogP contribution >= 0.6 is 0 Å².